The van der Waals surface area contributed by atoms with Gasteiger partial charge < -0.3 is 15.0 Å². The van der Waals surface area contributed by atoms with Crippen LogP contribution in [0.15, 0.2) is 42.3 Å². The van der Waals surface area contributed by atoms with Gasteiger partial charge in [-0.3, -0.25) is 39.1 Å². The number of rotatable bonds is 9. The van der Waals surface area contributed by atoms with Crippen molar-refractivity contribution in [2.75, 3.05) is 24.5 Å². The van der Waals surface area contributed by atoms with Crippen molar-refractivity contribution in [3.63, 3.8) is 0 Å². The van der Waals surface area contributed by atoms with Crippen LogP contribution in [-0.4, -0.2) is 82.1 Å². The normalized spacial score (nSPS) is 24.2. The number of carbonyl (C=O) groups excluding carboxylic acids is 5. The van der Waals surface area contributed by atoms with Crippen LogP contribution in [0, 0.1) is 28.1 Å². The third-order valence-electron chi connectivity index (χ3n) is 12.8. The molecule has 2 aromatic carbocycles. The van der Waals surface area contributed by atoms with E-state index in [0.29, 0.717) is 41.3 Å². The van der Waals surface area contributed by atoms with Crippen LogP contribution in [0.4, 0.5) is 5.55 Å². The van der Waals surface area contributed by atoms with Crippen molar-refractivity contribution in [2.24, 2.45) is 16.7 Å². The van der Waals surface area contributed by atoms with Gasteiger partial charge in [0.05, 0.1) is 28.3 Å². The molecule has 2 N–H and O–H groups in total. The third kappa shape index (κ3) is 6.87. The van der Waals surface area contributed by atoms with Crippen molar-refractivity contribution in [3.05, 3.63) is 81.3 Å². The summed E-state index contributed by atoms with van der Waals surface area (Å²) in [7, 11) is 0.889. The zero-order valence-corrected chi connectivity index (χ0v) is 33.9. The molecule has 1 unspecified atom stereocenters. The molecule has 13 nitrogen and oxygen atoms in total. The number of anilines is 1. The Morgan fingerprint density at radius 3 is 2.25 bits per heavy atom. The lowest BCUT2D eigenvalue weighted by Gasteiger charge is -2.63. The van der Waals surface area contributed by atoms with Gasteiger partial charge in [0.2, 0.25) is 11.8 Å². The highest BCUT2D eigenvalue weighted by atomic mass is 31.0. The second-order valence-corrected chi connectivity index (χ2v) is 18.2. The first kappa shape index (κ1) is 38.7. The summed E-state index contributed by atoms with van der Waals surface area (Å²) in [6.45, 7) is 14.5. The molecule has 1 atom stereocenters. The minimum atomic E-state index is -0.966. The number of aryl methyl sites for hydroxylation is 1. The molecule has 1 aromatic heterocycles. The highest BCUT2D eigenvalue weighted by molar-refractivity contribution is 7.33. The molecule has 296 valence electrons. The van der Waals surface area contributed by atoms with E-state index < -0.39 is 29.7 Å². The first-order valence-corrected chi connectivity index (χ1v) is 20.8. The van der Waals surface area contributed by atoms with Gasteiger partial charge in [0, 0.05) is 62.2 Å². The smallest absolute Gasteiger partial charge is 0.262 e. The Bertz CT molecular complexity index is 2160. The van der Waals surface area contributed by atoms with Crippen LogP contribution in [0.3, 0.4) is 0 Å². The molecule has 8 rings (SSSR count). The average molecular weight is 790 g/mol. The quantitative estimate of drug-likeness (QED) is 0.271. The molecule has 57 heavy (non-hydrogen) atoms. The van der Waals surface area contributed by atoms with E-state index >= 15 is 0 Å². The minimum Gasteiger partial charge on any atom is -0.489 e. The maximum atomic E-state index is 13.5. The van der Waals surface area contributed by atoms with Gasteiger partial charge in [-0.1, -0.05) is 34.6 Å². The van der Waals surface area contributed by atoms with Crippen LogP contribution in [0.5, 0.6) is 5.75 Å². The van der Waals surface area contributed by atoms with Crippen LogP contribution >= 0.6 is 8.19 Å². The van der Waals surface area contributed by atoms with E-state index in [-0.39, 0.29) is 41.7 Å². The number of hydrogen-bond acceptors (Lipinski definition) is 10. The standard InChI is InChI=1S/C43H48N7O6P/c1-6-25-15-30(8-7-26(25)18-44)56-40-42(2,3)39(43(40,4)5)47-35(52)29-19-45-41(57-23-29)49-13-11-24(12-14-49)20-48-21-27-16-31-32(17-28(27)22-48)38(55)50(37(31)54)33-9-10-34(51)46-36(33)53/h7-8,15-17,19,23-24,33,39-40H,6,9-14,20-22H2,1-5H3,(H,47,52)(H,46,51,53). The zero-order valence-electron chi connectivity index (χ0n) is 33.1. The van der Waals surface area contributed by atoms with Crippen molar-refractivity contribution >= 4 is 43.3 Å². The van der Waals surface area contributed by atoms with Crippen LogP contribution < -0.4 is 20.3 Å². The summed E-state index contributed by atoms with van der Waals surface area (Å²) in [6.07, 6.45) is 4.53. The molecule has 0 spiro atoms. The van der Waals surface area contributed by atoms with Crippen LogP contribution in [0.2, 0.25) is 0 Å². The van der Waals surface area contributed by atoms with E-state index in [0.717, 1.165) is 80.0 Å². The fourth-order valence-electron chi connectivity index (χ4n) is 10.0. The predicted octanol–water partition coefficient (Wildman–Crippen LogP) is 5.34. The van der Waals surface area contributed by atoms with E-state index in [2.05, 4.69) is 54.2 Å². The van der Waals surface area contributed by atoms with Gasteiger partial charge in [-0.05, 0) is 92.6 Å². The molecule has 5 amide bonds. The van der Waals surface area contributed by atoms with E-state index in [1.807, 2.05) is 43.1 Å². The van der Waals surface area contributed by atoms with Crippen molar-refractivity contribution in [3.8, 4) is 11.8 Å². The number of nitrogens with one attached hydrogen (secondary N) is 2. The number of carbonyl (C=O) groups is 5. The molecule has 1 saturated carbocycles. The van der Waals surface area contributed by atoms with Crippen molar-refractivity contribution < 1.29 is 28.7 Å². The van der Waals surface area contributed by atoms with Gasteiger partial charge in [-0.15, -0.1) is 0 Å². The number of ether oxygens (including phenoxy) is 1. The highest BCUT2D eigenvalue weighted by Crippen LogP contribution is 2.55. The molecule has 4 aliphatic heterocycles. The van der Waals surface area contributed by atoms with Crippen molar-refractivity contribution in [1.29, 1.82) is 5.26 Å². The van der Waals surface area contributed by atoms with Gasteiger partial charge in [0.1, 0.15) is 17.9 Å². The van der Waals surface area contributed by atoms with Crippen LogP contribution in [0.1, 0.15) is 114 Å². The van der Waals surface area contributed by atoms with Gasteiger partial charge >= 0.3 is 0 Å². The van der Waals surface area contributed by atoms with E-state index in [9.17, 15) is 29.2 Å². The number of fused-ring (bicyclic) bond motifs is 2. The second kappa shape index (κ2) is 14.6. The SMILES string of the molecule is CCc1cc(OC2C(C)(C)C(NC(=O)c3cnc(N4CCC(CN5Cc6cc7c(cc6C5)C(=O)N(C5CCC(=O)NC5=O)C7=O)CC4)pc3)C2(C)C)ccc1C#N. The summed E-state index contributed by atoms with van der Waals surface area (Å²) in [4.78, 5) is 74.7. The molecular formula is C43H48N7O6P. The molecule has 0 bridgehead atoms. The predicted molar refractivity (Wildman–Crippen MR) is 213 cm³/mol. The Labute approximate surface area is 334 Å². The molecule has 5 aliphatic rings. The monoisotopic (exact) mass is 789 g/mol. The number of nitrogens with zero attached hydrogens (tertiary/aromatic N) is 5. The lowest BCUT2D eigenvalue weighted by atomic mass is 9.49. The number of piperidine rings is 2. The Morgan fingerprint density at radius 1 is 1.00 bits per heavy atom. The number of aromatic nitrogens is 1. The molecule has 0 radical (unpaired) electrons. The number of benzene rings is 2. The zero-order chi connectivity index (χ0) is 40.4. The summed E-state index contributed by atoms with van der Waals surface area (Å²) in [6, 6.07) is 10.4. The number of imide groups is 2. The molecular weight excluding hydrogens is 741 g/mol. The van der Waals surface area contributed by atoms with Gasteiger partial charge in [-0.2, -0.15) is 5.26 Å². The Balaban J connectivity index is 0.822. The molecule has 14 heteroatoms. The fourth-order valence-corrected chi connectivity index (χ4v) is 11.0. The van der Waals surface area contributed by atoms with Crippen LogP contribution in [0.25, 0.3) is 0 Å². The maximum Gasteiger partial charge on any atom is 0.262 e. The fraction of sp³-hybridized carbons (Fsp3) is 0.488. The topological polar surface area (TPSA) is 165 Å². The van der Waals surface area contributed by atoms with E-state index in [1.54, 1.807) is 6.20 Å². The molecule has 3 fully saturated rings. The van der Waals surface area contributed by atoms with E-state index in [4.69, 9.17) is 9.72 Å². The number of nitriles is 1. The Hall–Kier alpha value is -5.18. The molecule has 1 aliphatic carbocycles. The first-order chi connectivity index (χ1) is 27.2. The van der Waals surface area contributed by atoms with Crippen molar-refractivity contribution in [1.82, 2.24) is 25.4 Å². The minimum absolute atomic E-state index is 0.0941. The number of amides is 5. The molecule has 2 saturated heterocycles. The summed E-state index contributed by atoms with van der Waals surface area (Å²) in [5, 5.41) is 15.0. The summed E-state index contributed by atoms with van der Waals surface area (Å²) < 4.78 is 6.51. The molecule has 3 aromatic rings. The number of hydrogen-bond donors (Lipinski definition) is 2. The Morgan fingerprint density at radius 2 is 1.67 bits per heavy atom. The molecule has 5 heterocycles. The average Bonchev–Trinajstić information content (AvgIpc) is 3.70. The van der Waals surface area contributed by atoms with Gasteiger partial charge in [0.25, 0.3) is 17.7 Å². The summed E-state index contributed by atoms with van der Waals surface area (Å²) in [5.74, 6) is 1.09. The first-order valence-electron chi connectivity index (χ1n) is 19.9. The third-order valence-corrected chi connectivity index (χ3v) is 13.8. The van der Waals surface area contributed by atoms with Gasteiger partial charge in [0.15, 0.2) is 5.55 Å². The largest absolute Gasteiger partial charge is 0.489 e. The van der Waals surface area contributed by atoms with Crippen LogP contribution in [-0.2, 0) is 29.1 Å². The summed E-state index contributed by atoms with van der Waals surface area (Å²) in [5.41, 5.74) is 5.18. The van der Waals surface area contributed by atoms with Crippen molar-refractivity contribution in [2.45, 2.75) is 98.0 Å². The maximum absolute atomic E-state index is 13.5. The lowest BCUT2D eigenvalue weighted by molar-refractivity contribution is -0.164. The lowest BCUT2D eigenvalue weighted by Crippen LogP contribution is -2.74. The second-order valence-electron chi connectivity index (χ2n) is 17.3. The van der Waals surface area contributed by atoms with Gasteiger partial charge in [-0.25, -0.2) is 4.98 Å². The Kier molecular flexibility index (Phi) is 9.94. The highest BCUT2D eigenvalue weighted by Gasteiger charge is 2.64. The summed E-state index contributed by atoms with van der Waals surface area (Å²) >= 11 is 0. The van der Waals surface area contributed by atoms with E-state index in [1.165, 1.54) is 0 Å².